The van der Waals surface area contributed by atoms with E-state index >= 15 is 0 Å². The van der Waals surface area contributed by atoms with E-state index in [1.165, 1.54) is 25.7 Å². The van der Waals surface area contributed by atoms with Crippen molar-refractivity contribution in [2.75, 3.05) is 47.5 Å². The highest BCUT2D eigenvalue weighted by Crippen LogP contribution is 2.43. The van der Waals surface area contributed by atoms with Crippen LogP contribution in [0, 0.1) is 0 Å². The number of phosphoric acid groups is 1. The van der Waals surface area contributed by atoms with Gasteiger partial charge in [0, 0.05) is 12.8 Å². The van der Waals surface area contributed by atoms with Crippen molar-refractivity contribution in [2.45, 2.75) is 123 Å². The quantitative estimate of drug-likeness (QED) is 0.0285. The van der Waals surface area contributed by atoms with E-state index < -0.39 is 26.5 Å². The van der Waals surface area contributed by atoms with Gasteiger partial charge in [-0.3, -0.25) is 18.6 Å². The number of phosphoric ester groups is 1. The number of unbranched alkanes of at least 4 members (excludes halogenated alkanes) is 11. The van der Waals surface area contributed by atoms with Crippen LogP contribution in [0.25, 0.3) is 0 Å². The standard InChI is InChI=1S/C34H62NO8P/c1-6-8-10-12-14-15-16-17-18-19-21-23-25-27-34(37)43-32(31-42-44(38,39)41-29-28-35(3,4)5)30-40-33(36)26-24-22-20-13-11-9-7-2/h8,10,12,14-16,32H,6-7,9,11,13,17-31H2,1-5H3/p+1/b10-8+,14-12+,16-15+. The summed E-state index contributed by atoms with van der Waals surface area (Å²) in [5.41, 5.74) is 0. The lowest BCUT2D eigenvalue weighted by molar-refractivity contribution is -0.870. The van der Waals surface area contributed by atoms with Crippen LogP contribution in [0.3, 0.4) is 0 Å². The van der Waals surface area contributed by atoms with Crippen LogP contribution < -0.4 is 0 Å². The predicted molar refractivity (Wildman–Crippen MR) is 178 cm³/mol. The van der Waals surface area contributed by atoms with Gasteiger partial charge < -0.3 is 18.9 Å². The van der Waals surface area contributed by atoms with Gasteiger partial charge in [0.2, 0.25) is 0 Å². The highest BCUT2D eigenvalue weighted by atomic mass is 31.2. The molecule has 0 aromatic carbocycles. The van der Waals surface area contributed by atoms with Crippen molar-refractivity contribution in [1.82, 2.24) is 0 Å². The molecule has 0 amide bonds. The van der Waals surface area contributed by atoms with Crippen LogP contribution in [-0.2, 0) is 32.7 Å². The average Bonchev–Trinajstić information content (AvgIpc) is 2.95. The van der Waals surface area contributed by atoms with E-state index in [1.807, 2.05) is 39.4 Å². The summed E-state index contributed by atoms with van der Waals surface area (Å²) in [5.74, 6) is -0.836. The molecular weight excluding hydrogens is 581 g/mol. The molecule has 0 saturated heterocycles. The number of allylic oxidation sites excluding steroid dienone is 6. The summed E-state index contributed by atoms with van der Waals surface area (Å²) in [6, 6.07) is 0. The molecule has 0 aromatic rings. The Balaban J connectivity index is 4.54. The number of likely N-dealkylation sites (N-methyl/N-ethyl adjacent to an activating group) is 1. The van der Waals surface area contributed by atoms with E-state index in [1.54, 1.807) is 0 Å². The Bertz CT molecular complexity index is 866. The van der Waals surface area contributed by atoms with Crippen molar-refractivity contribution in [1.29, 1.82) is 0 Å². The fraction of sp³-hybridized carbons (Fsp3) is 0.765. The number of carbonyl (C=O) groups is 2. The molecule has 0 spiro atoms. The van der Waals surface area contributed by atoms with E-state index in [0.717, 1.165) is 57.8 Å². The summed E-state index contributed by atoms with van der Waals surface area (Å²) in [6.07, 6.45) is 26.4. The molecule has 0 aliphatic carbocycles. The van der Waals surface area contributed by atoms with Gasteiger partial charge in [0.25, 0.3) is 0 Å². The SMILES string of the molecule is CC/C=C/C=C/C=C/CCCCCCCC(=O)OC(COC(=O)CCCCCCCCC)COP(=O)(O)OCC[N+](C)(C)C. The van der Waals surface area contributed by atoms with Crippen molar-refractivity contribution in [3.63, 3.8) is 0 Å². The molecule has 0 aromatic heterocycles. The molecule has 0 radical (unpaired) electrons. The summed E-state index contributed by atoms with van der Waals surface area (Å²) in [6.45, 7) is 4.17. The monoisotopic (exact) mass is 644 g/mol. The minimum Gasteiger partial charge on any atom is -0.462 e. The smallest absolute Gasteiger partial charge is 0.462 e. The van der Waals surface area contributed by atoms with Crippen LogP contribution in [0.2, 0.25) is 0 Å². The second-order valence-corrected chi connectivity index (χ2v) is 13.7. The highest BCUT2D eigenvalue weighted by Gasteiger charge is 2.27. The van der Waals surface area contributed by atoms with Crippen LogP contribution in [0.1, 0.15) is 117 Å². The summed E-state index contributed by atoms with van der Waals surface area (Å²) >= 11 is 0. The predicted octanol–water partition coefficient (Wildman–Crippen LogP) is 8.23. The molecule has 10 heteroatoms. The van der Waals surface area contributed by atoms with Crippen LogP contribution >= 0.6 is 7.82 Å². The molecule has 44 heavy (non-hydrogen) atoms. The number of quaternary nitrogens is 1. The maximum atomic E-state index is 12.5. The lowest BCUT2D eigenvalue weighted by Crippen LogP contribution is -2.37. The zero-order chi connectivity index (χ0) is 32.9. The zero-order valence-electron chi connectivity index (χ0n) is 28.4. The molecule has 0 heterocycles. The average molecular weight is 645 g/mol. The number of ether oxygens (including phenoxy) is 2. The van der Waals surface area contributed by atoms with Crippen LogP contribution in [0.15, 0.2) is 36.5 Å². The third-order valence-corrected chi connectivity index (χ3v) is 7.73. The lowest BCUT2D eigenvalue weighted by Gasteiger charge is -2.24. The number of carbonyl (C=O) groups excluding carboxylic acids is 2. The second kappa shape index (κ2) is 27.5. The molecule has 2 atom stereocenters. The topological polar surface area (TPSA) is 108 Å². The van der Waals surface area contributed by atoms with E-state index in [4.69, 9.17) is 18.5 Å². The number of nitrogens with zero attached hydrogens (tertiary/aromatic N) is 1. The van der Waals surface area contributed by atoms with Crippen molar-refractivity contribution >= 4 is 19.8 Å². The molecule has 0 fully saturated rings. The normalized spacial score (nSPS) is 14.4. The number of hydrogen-bond acceptors (Lipinski definition) is 7. The molecule has 0 rings (SSSR count). The molecule has 9 nitrogen and oxygen atoms in total. The Morgan fingerprint density at radius 2 is 1.30 bits per heavy atom. The first-order valence-electron chi connectivity index (χ1n) is 16.7. The molecular formula is C34H63NO8P+. The van der Waals surface area contributed by atoms with Crippen molar-refractivity contribution in [2.24, 2.45) is 0 Å². The molecule has 0 saturated carbocycles. The van der Waals surface area contributed by atoms with E-state index in [9.17, 15) is 19.0 Å². The van der Waals surface area contributed by atoms with Gasteiger partial charge >= 0.3 is 19.8 Å². The van der Waals surface area contributed by atoms with Crippen molar-refractivity contribution in [3.05, 3.63) is 36.5 Å². The largest absolute Gasteiger partial charge is 0.472 e. The van der Waals surface area contributed by atoms with E-state index in [-0.39, 0.29) is 32.0 Å². The molecule has 256 valence electrons. The first kappa shape index (κ1) is 42.2. The van der Waals surface area contributed by atoms with Crippen LogP contribution in [0.5, 0.6) is 0 Å². The summed E-state index contributed by atoms with van der Waals surface area (Å²) in [5, 5.41) is 0. The molecule has 0 aliphatic heterocycles. The van der Waals surface area contributed by atoms with Crippen molar-refractivity contribution in [3.8, 4) is 0 Å². The highest BCUT2D eigenvalue weighted by molar-refractivity contribution is 7.47. The zero-order valence-corrected chi connectivity index (χ0v) is 29.3. The summed E-state index contributed by atoms with van der Waals surface area (Å²) < 4.78 is 33.9. The second-order valence-electron chi connectivity index (χ2n) is 12.2. The molecule has 0 bridgehead atoms. The van der Waals surface area contributed by atoms with Crippen molar-refractivity contribution < 1.29 is 42.1 Å². The number of esters is 2. The maximum absolute atomic E-state index is 12.5. The first-order valence-corrected chi connectivity index (χ1v) is 18.2. The first-order chi connectivity index (χ1) is 21.0. The minimum atomic E-state index is -4.36. The number of hydrogen-bond donors (Lipinski definition) is 1. The fourth-order valence-corrected chi connectivity index (χ4v) is 4.81. The lowest BCUT2D eigenvalue weighted by atomic mass is 10.1. The van der Waals surface area contributed by atoms with Crippen LogP contribution in [-0.4, -0.2) is 74.9 Å². The Morgan fingerprint density at radius 3 is 1.91 bits per heavy atom. The van der Waals surface area contributed by atoms with Gasteiger partial charge in [-0.25, -0.2) is 4.57 Å². The Morgan fingerprint density at radius 1 is 0.727 bits per heavy atom. The third kappa shape index (κ3) is 30.3. The summed E-state index contributed by atoms with van der Waals surface area (Å²) in [4.78, 5) is 34.9. The van der Waals surface area contributed by atoms with Gasteiger partial charge in [-0.15, -0.1) is 0 Å². The van der Waals surface area contributed by atoms with Gasteiger partial charge in [-0.05, 0) is 32.1 Å². The van der Waals surface area contributed by atoms with Gasteiger partial charge in [0.05, 0.1) is 27.7 Å². The Labute approximate surface area is 268 Å². The number of rotatable bonds is 29. The maximum Gasteiger partial charge on any atom is 0.472 e. The Kier molecular flexibility index (Phi) is 26.4. The molecule has 0 aliphatic rings. The fourth-order valence-electron chi connectivity index (χ4n) is 4.07. The third-order valence-electron chi connectivity index (χ3n) is 6.75. The molecule has 1 N–H and O–H groups in total. The van der Waals surface area contributed by atoms with Gasteiger partial charge in [-0.2, -0.15) is 0 Å². The van der Waals surface area contributed by atoms with Gasteiger partial charge in [-0.1, -0.05) is 108 Å². The van der Waals surface area contributed by atoms with Gasteiger partial charge in [0.15, 0.2) is 6.10 Å². The van der Waals surface area contributed by atoms with Gasteiger partial charge in [0.1, 0.15) is 19.8 Å². The van der Waals surface area contributed by atoms with Crippen LogP contribution in [0.4, 0.5) is 0 Å². The van der Waals surface area contributed by atoms with E-state index in [0.29, 0.717) is 17.4 Å². The van der Waals surface area contributed by atoms with E-state index in [2.05, 4.69) is 32.1 Å². The minimum absolute atomic E-state index is 0.0269. The summed E-state index contributed by atoms with van der Waals surface area (Å²) in [7, 11) is 1.45. The molecule has 2 unspecified atom stereocenters. The Hall–Kier alpha value is -1.77.